The molecule has 0 unspecified atom stereocenters. The van der Waals surface area contributed by atoms with Crippen molar-refractivity contribution < 1.29 is 0 Å². The zero-order valence-electron chi connectivity index (χ0n) is 9.78. The molecule has 4 heteroatoms. The Morgan fingerprint density at radius 1 is 1.47 bits per heavy atom. The van der Waals surface area contributed by atoms with Gasteiger partial charge < -0.3 is 4.57 Å². The lowest BCUT2D eigenvalue weighted by molar-refractivity contribution is 0.448. The van der Waals surface area contributed by atoms with Crippen molar-refractivity contribution in [2.24, 2.45) is 0 Å². The van der Waals surface area contributed by atoms with E-state index in [4.69, 9.17) is 0 Å². The third kappa shape index (κ3) is 2.62. The lowest BCUT2D eigenvalue weighted by Crippen LogP contribution is -2.26. The van der Waals surface area contributed by atoms with Gasteiger partial charge in [0.2, 0.25) is 0 Å². The molecule has 1 rings (SSSR count). The maximum absolute atomic E-state index is 12.0. The Hall–Kier alpha value is -0.770. The van der Waals surface area contributed by atoms with Crippen LogP contribution >= 0.6 is 11.8 Å². The molecule has 0 aliphatic heterocycles. The number of rotatable bonds is 4. The summed E-state index contributed by atoms with van der Waals surface area (Å²) >= 11 is 1.42. The first-order valence-corrected chi connectivity index (χ1v) is 6.50. The topological polar surface area (TPSA) is 34.9 Å². The molecule has 3 nitrogen and oxygen atoms in total. The molecule has 0 spiro atoms. The Balaban J connectivity index is 3.28. The molecule has 0 aliphatic carbocycles. The van der Waals surface area contributed by atoms with Crippen molar-refractivity contribution in [3.8, 4) is 0 Å². The highest BCUT2D eigenvalue weighted by Crippen LogP contribution is 2.15. The lowest BCUT2D eigenvalue weighted by Gasteiger charge is -2.17. The van der Waals surface area contributed by atoms with Crippen molar-refractivity contribution >= 4 is 11.8 Å². The first-order chi connectivity index (χ1) is 7.13. The Morgan fingerprint density at radius 3 is 2.53 bits per heavy atom. The molecule has 0 aliphatic rings. The van der Waals surface area contributed by atoms with Crippen LogP contribution in [0.15, 0.2) is 16.0 Å². The van der Waals surface area contributed by atoms with Gasteiger partial charge in [-0.1, -0.05) is 13.8 Å². The largest absolute Gasteiger partial charge is 0.308 e. The van der Waals surface area contributed by atoms with E-state index in [0.29, 0.717) is 11.1 Å². The normalized spacial score (nSPS) is 11.0. The molecule has 15 heavy (non-hydrogen) atoms. The maximum atomic E-state index is 12.0. The van der Waals surface area contributed by atoms with Crippen LogP contribution in [0.4, 0.5) is 0 Å². The van der Waals surface area contributed by atoms with Crippen LogP contribution in [-0.4, -0.2) is 15.8 Å². The van der Waals surface area contributed by atoms with E-state index in [1.54, 1.807) is 0 Å². The number of thioether (sulfide) groups is 1. The van der Waals surface area contributed by atoms with Crippen molar-refractivity contribution in [2.45, 2.75) is 44.7 Å². The van der Waals surface area contributed by atoms with Crippen LogP contribution < -0.4 is 5.56 Å². The highest BCUT2D eigenvalue weighted by Gasteiger charge is 2.11. The molecule has 0 aromatic carbocycles. The molecule has 1 aromatic heterocycles. The van der Waals surface area contributed by atoms with Crippen LogP contribution in [0.25, 0.3) is 0 Å². The maximum Gasteiger partial charge on any atom is 0.283 e. The minimum atomic E-state index is 0.0433. The molecular formula is C11H18N2OS. The third-order valence-electron chi connectivity index (χ3n) is 2.55. The molecule has 0 saturated carbocycles. The molecule has 0 saturated heterocycles. The van der Waals surface area contributed by atoms with Crippen LogP contribution in [0.3, 0.4) is 0 Å². The van der Waals surface area contributed by atoms with Crippen molar-refractivity contribution in [3.05, 3.63) is 22.2 Å². The van der Waals surface area contributed by atoms with Gasteiger partial charge in [-0.3, -0.25) is 4.79 Å². The third-order valence-corrected chi connectivity index (χ3v) is 3.20. The molecule has 0 N–H and O–H groups in total. The second-order valence-electron chi connectivity index (χ2n) is 3.57. The summed E-state index contributed by atoms with van der Waals surface area (Å²) in [5.74, 6) is 0. The zero-order chi connectivity index (χ0) is 11.4. The second-order valence-corrected chi connectivity index (χ2v) is 4.37. The van der Waals surface area contributed by atoms with Crippen LogP contribution in [0.1, 0.15) is 38.4 Å². The summed E-state index contributed by atoms with van der Waals surface area (Å²) in [5, 5.41) is 0.599. The average Bonchev–Trinajstić information content (AvgIpc) is 2.24. The Kier molecular flexibility index (Phi) is 4.39. The number of hydrogen-bond donors (Lipinski definition) is 0. The molecule has 84 valence electrons. The number of aryl methyl sites for hydroxylation is 1. The summed E-state index contributed by atoms with van der Waals surface area (Å²) in [6, 6.07) is 0.296. The number of hydrogen-bond acceptors (Lipinski definition) is 3. The van der Waals surface area contributed by atoms with E-state index in [2.05, 4.69) is 18.8 Å². The first-order valence-electron chi connectivity index (χ1n) is 5.27. The van der Waals surface area contributed by atoms with Gasteiger partial charge in [-0.15, -0.1) is 11.8 Å². The predicted molar refractivity (Wildman–Crippen MR) is 64.6 cm³/mol. The molecule has 0 atom stereocenters. The van der Waals surface area contributed by atoms with Crippen LogP contribution in [0.5, 0.6) is 0 Å². The highest BCUT2D eigenvalue weighted by atomic mass is 32.2. The van der Waals surface area contributed by atoms with Crippen LogP contribution in [-0.2, 0) is 0 Å². The smallest absolute Gasteiger partial charge is 0.283 e. The van der Waals surface area contributed by atoms with Crippen LogP contribution in [0.2, 0.25) is 0 Å². The van der Waals surface area contributed by atoms with Gasteiger partial charge >= 0.3 is 0 Å². The van der Waals surface area contributed by atoms with Gasteiger partial charge in [0.25, 0.3) is 5.56 Å². The van der Waals surface area contributed by atoms with Crippen molar-refractivity contribution in [2.75, 3.05) is 6.26 Å². The van der Waals surface area contributed by atoms with Crippen molar-refractivity contribution in [1.29, 1.82) is 0 Å². The molecule has 1 aromatic rings. The van der Waals surface area contributed by atoms with E-state index < -0.39 is 0 Å². The van der Waals surface area contributed by atoms with Crippen molar-refractivity contribution in [1.82, 2.24) is 9.55 Å². The molecule has 0 fully saturated rings. The fourth-order valence-electron chi connectivity index (χ4n) is 1.69. The van der Waals surface area contributed by atoms with Gasteiger partial charge in [-0.2, -0.15) is 0 Å². The minimum absolute atomic E-state index is 0.0433. The molecule has 1 heterocycles. The summed E-state index contributed by atoms with van der Waals surface area (Å²) < 4.78 is 1.83. The second kappa shape index (κ2) is 5.35. The quantitative estimate of drug-likeness (QED) is 0.740. The number of aromatic nitrogens is 2. The molecule has 0 radical (unpaired) electrons. The van der Waals surface area contributed by atoms with E-state index in [1.807, 2.05) is 23.9 Å². The van der Waals surface area contributed by atoms with Gasteiger partial charge in [-0.25, -0.2) is 4.98 Å². The average molecular weight is 226 g/mol. The highest BCUT2D eigenvalue weighted by molar-refractivity contribution is 7.98. The SMILES string of the molecule is CCC(CC)n1cc(C)nc(SC)c1=O. The van der Waals surface area contributed by atoms with E-state index in [1.165, 1.54) is 11.8 Å². The van der Waals surface area contributed by atoms with Crippen LogP contribution in [0, 0.1) is 6.92 Å². The summed E-state index contributed by atoms with van der Waals surface area (Å²) in [5.41, 5.74) is 0.952. The summed E-state index contributed by atoms with van der Waals surface area (Å²) in [7, 11) is 0. The Labute approximate surface area is 94.9 Å². The van der Waals surface area contributed by atoms with E-state index in [9.17, 15) is 4.79 Å². The zero-order valence-corrected chi connectivity index (χ0v) is 10.6. The molecule has 0 amide bonds. The van der Waals surface area contributed by atoms with Crippen molar-refractivity contribution in [3.63, 3.8) is 0 Å². The minimum Gasteiger partial charge on any atom is -0.308 e. The lowest BCUT2D eigenvalue weighted by atomic mass is 10.1. The van der Waals surface area contributed by atoms with Gasteiger partial charge in [-0.05, 0) is 26.0 Å². The fourth-order valence-corrected chi connectivity index (χ4v) is 2.21. The van der Waals surface area contributed by atoms with Gasteiger partial charge in [0.15, 0.2) is 5.03 Å². The first kappa shape index (κ1) is 12.3. The Bertz CT molecular complexity index is 383. The standard InChI is InChI=1S/C11H18N2OS/c1-5-9(6-2)13-7-8(3)12-10(15-4)11(13)14/h7,9H,5-6H2,1-4H3. The van der Waals surface area contributed by atoms with Gasteiger partial charge in [0, 0.05) is 12.2 Å². The van der Waals surface area contributed by atoms with E-state index in [0.717, 1.165) is 18.5 Å². The predicted octanol–water partition coefficient (Wildman–Crippen LogP) is 2.63. The van der Waals surface area contributed by atoms with E-state index >= 15 is 0 Å². The van der Waals surface area contributed by atoms with Gasteiger partial charge in [0.05, 0.1) is 5.69 Å². The Morgan fingerprint density at radius 2 is 2.07 bits per heavy atom. The monoisotopic (exact) mass is 226 g/mol. The molecule has 0 bridgehead atoms. The summed E-state index contributed by atoms with van der Waals surface area (Å²) in [4.78, 5) is 16.2. The summed E-state index contributed by atoms with van der Waals surface area (Å²) in [6.45, 7) is 6.14. The molecular weight excluding hydrogens is 208 g/mol. The van der Waals surface area contributed by atoms with Gasteiger partial charge in [0.1, 0.15) is 0 Å². The fraction of sp³-hybridized carbons (Fsp3) is 0.636. The van der Waals surface area contributed by atoms with E-state index in [-0.39, 0.29) is 5.56 Å². The number of nitrogens with zero attached hydrogens (tertiary/aromatic N) is 2. The summed E-state index contributed by atoms with van der Waals surface area (Å²) in [6.07, 6.45) is 5.71.